The van der Waals surface area contributed by atoms with Crippen LogP contribution in [0.4, 0.5) is 10.1 Å². The van der Waals surface area contributed by atoms with E-state index < -0.39 is 5.82 Å². The lowest BCUT2D eigenvalue weighted by atomic mass is 10.1. The molecule has 0 saturated carbocycles. The first kappa shape index (κ1) is 18.4. The topological polar surface area (TPSA) is 72.5 Å². The van der Waals surface area contributed by atoms with E-state index in [4.69, 9.17) is 10.5 Å². The number of nitrogens with two attached hydrogens (primary N) is 1. The molecule has 27 heavy (non-hydrogen) atoms. The molecule has 0 spiro atoms. The summed E-state index contributed by atoms with van der Waals surface area (Å²) in [5.74, 6) is 0.421. The Balaban J connectivity index is 1.65. The molecular formula is C21H21FN4O. The van der Waals surface area contributed by atoms with Crippen molar-refractivity contribution in [1.29, 1.82) is 0 Å². The monoisotopic (exact) mass is 364 g/mol. The van der Waals surface area contributed by atoms with Gasteiger partial charge in [0.25, 0.3) is 0 Å². The Morgan fingerprint density at radius 2 is 1.93 bits per heavy atom. The van der Waals surface area contributed by atoms with Gasteiger partial charge in [0.1, 0.15) is 5.75 Å². The Morgan fingerprint density at radius 3 is 2.59 bits per heavy atom. The standard InChI is InChI=1S/C21H21FN4O/c1-14-8-15(2)10-17(9-14)26-21(23)25-12-16-5-6-20(19(22)11-16)27-18-4-3-7-24-13-18/h3-11,13H,12H2,1-2H3,(H3,23,25,26). The second-order valence-electron chi connectivity index (χ2n) is 6.26. The Morgan fingerprint density at radius 1 is 1.15 bits per heavy atom. The SMILES string of the molecule is Cc1cc(C)cc(NC(N)=NCc2ccc(Oc3cccnc3)c(F)c2)c1. The maximum absolute atomic E-state index is 14.3. The molecule has 3 aromatic rings. The second-order valence-corrected chi connectivity index (χ2v) is 6.26. The molecule has 0 aliphatic heterocycles. The molecular weight excluding hydrogens is 343 g/mol. The molecule has 1 heterocycles. The number of hydrogen-bond acceptors (Lipinski definition) is 3. The van der Waals surface area contributed by atoms with E-state index in [9.17, 15) is 4.39 Å². The maximum Gasteiger partial charge on any atom is 0.193 e. The lowest BCUT2D eigenvalue weighted by Gasteiger charge is -2.09. The molecule has 3 N–H and O–H groups in total. The number of anilines is 1. The van der Waals surface area contributed by atoms with Gasteiger partial charge in [-0.3, -0.25) is 4.98 Å². The van der Waals surface area contributed by atoms with Crippen molar-refractivity contribution in [3.63, 3.8) is 0 Å². The summed E-state index contributed by atoms with van der Waals surface area (Å²) in [6.07, 6.45) is 3.15. The molecule has 3 rings (SSSR count). The minimum Gasteiger partial charge on any atom is -0.453 e. The molecule has 0 fully saturated rings. The number of guanidine groups is 1. The summed E-state index contributed by atoms with van der Waals surface area (Å²) < 4.78 is 19.7. The van der Waals surface area contributed by atoms with Gasteiger partial charge in [-0.1, -0.05) is 12.1 Å². The highest BCUT2D eigenvalue weighted by atomic mass is 19.1. The first-order valence-electron chi connectivity index (χ1n) is 8.51. The summed E-state index contributed by atoms with van der Waals surface area (Å²) in [6.45, 7) is 4.29. The molecule has 0 radical (unpaired) electrons. The van der Waals surface area contributed by atoms with E-state index in [1.54, 1.807) is 30.5 Å². The van der Waals surface area contributed by atoms with Gasteiger partial charge in [-0.15, -0.1) is 0 Å². The van der Waals surface area contributed by atoms with Gasteiger partial charge in [-0.2, -0.15) is 0 Å². The minimum absolute atomic E-state index is 0.136. The molecule has 0 aliphatic carbocycles. The number of aromatic nitrogens is 1. The quantitative estimate of drug-likeness (QED) is 0.514. The number of aryl methyl sites for hydroxylation is 2. The number of ether oxygens (including phenoxy) is 1. The summed E-state index contributed by atoms with van der Waals surface area (Å²) in [7, 11) is 0. The Hall–Kier alpha value is -3.41. The Bertz CT molecular complexity index is 937. The van der Waals surface area contributed by atoms with Crippen molar-refractivity contribution >= 4 is 11.6 Å². The predicted octanol–water partition coefficient (Wildman–Crippen LogP) is 4.56. The largest absolute Gasteiger partial charge is 0.453 e. The number of benzene rings is 2. The molecule has 0 saturated heterocycles. The van der Waals surface area contributed by atoms with Crippen LogP contribution in [-0.4, -0.2) is 10.9 Å². The van der Waals surface area contributed by atoms with Crippen LogP contribution in [0.5, 0.6) is 11.5 Å². The van der Waals surface area contributed by atoms with Crippen molar-refractivity contribution in [2.75, 3.05) is 5.32 Å². The number of nitrogens with zero attached hydrogens (tertiary/aromatic N) is 2. The van der Waals surface area contributed by atoms with Gasteiger partial charge >= 0.3 is 0 Å². The van der Waals surface area contributed by atoms with Crippen molar-refractivity contribution < 1.29 is 9.13 Å². The predicted molar refractivity (Wildman–Crippen MR) is 106 cm³/mol. The van der Waals surface area contributed by atoms with Gasteiger partial charge in [-0.25, -0.2) is 9.38 Å². The van der Waals surface area contributed by atoms with Crippen LogP contribution in [0.25, 0.3) is 0 Å². The van der Waals surface area contributed by atoms with E-state index in [-0.39, 0.29) is 18.3 Å². The number of halogens is 1. The van der Waals surface area contributed by atoms with E-state index in [1.807, 2.05) is 26.0 Å². The third-order valence-corrected chi connectivity index (χ3v) is 3.78. The zero-order valence-corrected chi connectivity index (χ0v) is 15.2. The molecule has 2 aromatic carbocycles. The zero-order valence-electron chi connectivity index (χ0n) is 15.2. The first-order chi connectivity index (χ1) is 13.0. The van der Waals surface area contributed by atoms with Gasteiger partial charge in [0.05, 0.1) is 12.7 Å². The lowest BCUT2D eigenvalue weighted by Crippen LogP contribution is -2.22. The summed E-state index contributed by atoms with van der Waals surface area (Å²) in [5.41, 5.74) is 9.77. The molecule has 6 heteroatoms. The summed E-state index contributed by atoms with van der Waals surface area (Å²) >= 11 is 0. The summed E-state index contributed by atoms with van der Waals surface area (Å²) in [4.78, 5) is 8.21. The maximum atomic E-state index is 14.3. The third kappa shape index (κ3) is 5.28. The Kier molecular flexibility index (Phi) is 5.66. The van der Waals surface area contributed by atoms with E-state index in [0.717, 1.165) is 16.8 Å². The van der Waals surface area contributed by atoms with Crippen LogP contribution in [0.1, 0.15) is 16.7 Å². The van der Waals surface area contributed by atoms with E-state index in [0.29, 0.717) is 11.3 Å². The fourth-order valence-corrected chi connectivity index (χ4v) is 2.67. The molecule has 0 aliphatic rings. The van der Waals surface area contributed by atoms with Gasteiger partial charge in [0.2, 0.25) is 0 Å². The highest BCUT2D eigenvalue weighted by molar-refractivity contribution is 5.92. The Labute approximate surface area is 157 Å². The fourth-order valence-electron chi connectivity index (χ4n) is 2.67. The molecule has 0 amide bonds. The molecule has 138 valence electrons. The average molecular weight is 364 g/mol. The zero-order chi connectivity index (χ0) is 19.2. The molecule has 0 bridgehead atoms. The fraction of sp³-hybridized carbons (Fsp3) is 0.143. The lowest BCUT2D eigenvalue weighted by molar-refractivity contribution is 0.440. The van der Waals surface area contributed by atoms with Crippen LogP contribution in [0.2, 0.25) is 0 Å². The molecule has 0 atom stereocenters. The van der Waals surface area contributed by atoms with Crippen LogP contribution in [-0.2, 0) is 6.54 Å². The first-order valence-corrected chi connectivity index (χ1v) is 8.51. The molecule has 0 unspecified atom stereocenters. The van der Waals surface area contributed by atoms with Crippen molar-refractivity contribution in [1.82, 2.24) is 4.98 Å². The average Bonchev–Trinajstić information content (AvgIpc) is 2.62. The van der Waals surface area contributed by atoms with Crippen molar-refractivity contribution in [3.05, 3.63) is 83.4 Å². The van der Waals surface area contributed by atoms with Crippen molar-refractivity contribution in [2.45, 2.75) is 20.4 Å². The number of rotatable bonds is 5. The van der Waals surface area contributed by atoms with E-state index in [2.05, 4.69) is 21.4 Å². The highest BCUT2D eigenvalue weighted by Gasteiger charge is 2.06. The van der Waals surface area contributed by atoms with Crippen LogP contribution in [0.3, 0.4) is 0 Å². The van der Waals surface area contributed by atoms with E-state index >= 15 is 0 Å². The second kappa shape index (κ2) is 8.31. The van der Waals surface area contributed by atoms with Crippen molar-refractivity contribution in [2.24, 2.45) is 10.7 Å². The van der Waals surface area contributed by atoms with Crippen LogP contribution < -0.4 is 15.8 Å². The minimum atomic E-state index is -0.465. The summed E-state index contributed by atoms with van der Waals surface area (Å²) in [6, 6.07) is 14.2. The van der Waals surface area contributed by atoms with Gasteiger partial charge < -0.3 is 15.8 Å². The van der Waals surface area contributed by atoms with Crippen LogP contribution in [0, 0.1) is 19.7 Å². The van der Waals surface area contributed by atoms with Crippen molar-refractivity contribution in [3.8, 4) is 11.5 Å². The van der Waals surface area contributed by atoms with Gasteiger partial charge in [0.15, 0.2) is 17.5 Å². The van der Waals surface area contributed by atoms with Gasteiger partial charge in [-0.05, 0) is 66.9 Å². The molecule has 1 aromatic heterocycles. The summed E-state index contributed by atoms with van der Waals surface area (Å²) in [5, 5.41) is 3.05. The van der Waals surface area contributed by atoms with Gasteiger partial charge in [0, 0.05) is 11.9 Å². The number of hydrogen-bond donors (Lipinski definition) is 2. The number of nitrogens with one attached hydrogen (secondary N) is 1. The number of aliphatic imine (C=N–C) groups is 1. The van der Waals surface area contributed by atoms with Crippen LogP contribution in [0.15, 0.2) is 65.9 Å². The normalized spacial score (nSPS) is 11.3. The van der Waals surface area contributed by atoms with E-state index in [1.165, 1.54) is 12.3 Å². The third-order valence-electron chi connectivity index (χ3n) is 3.78. The van der Waals surface area contributed by atoms with Crippen LogP contribution >= 0.6 is 0 Å². The molecule has 5 nitrogen and oxygen atoms in total. The highest BCUT2D eigenvalue weighted by Crippen LogP contribution is 2.24. The number of pyridine rings is 1. The smallest absolute Gasteiger partial charge is 0.193 e.